The standard InChI is InChI=1S/C26H29BrN4O9/c1-4-38-20-10-16(24-23(25(35)37-3)14(2)29-26(36)30-24)6-8-19(20)39-12-21(32)31-28-11-15-5-7-18(17(27)9-15)40-13-22(33)34/h5-11,21,24,31-32H,4,12-13H2,1-3H3,(H,33,34)(H2,29,30,36)/b28-11-/t21-,24-/m0/s1. The van der Waals surface area contributed by atoms with E-state index in [-0.39, 0.29) is 12.2 Å². The molecule has 1 aliphatic rings. The van der Waals surface area contributed by atoms with Gasteiger partial charge in [0.05, 0.1) is 36.0 Å². The fourth-order valence-electron chi connectivity index (χ4n) is 3.67. The molecule has 0 saturated carbocycles. The zero-order chi connectivity index (χ0) is 29.2. The van der Waals surface area contributed by atoms with Crippen LogP contribution in [0.3, 0.4) is 0 Å². The number of nitrogens with one attached hydrogen (secondary N) is 3. The van der Waals surface area contributed by atoms with E-state index in [0.717, 1.165) is 0 Å². The summed E-state index contributed by atoms with van der Waals surface area (Å²) < 4.78 is 22.0. The highest BCUT2D eigenvalue weighted by Crippen LogP contribution is 2.35. The molecule has 2 amide bonds. The molecule has 3 rings (SSSR count). The Kier molecular flexibility index (Phi) is 10.7. The summed E-state index contributed by atoms with van der Waals surface area (Å²) in [6, 6.07) is 8.63. The predicted octanol–water partition coefficient (Wildman–Crippen LogP) is 2.43. The van der Waals surface area contributed by atoms with Crippen LogP contribution in [-0.4, -0.2) is 67.6 Å². The number of hydrogen-bond acceptors (Lipinski definition) is 10. The van der Waals surface area contributed by atoms with E-state index in [1.54, 1.807) is 50.2 Å². The Morgan fingerprint density at radius 3 is 2.58 bits per heavy atom. The second kappa shape index (κ2) is 14.2. The van der Waals surface area contributed by atoms with Crippen molar-refractivity contribution in [2.75, 3.05) is 26.9 Å². The van der Waals surface area contributed by atoms with E-state index in [2.05, 4.69) is 37.1 Å². The van der Waals surface area contributed by atoms with Gasteiger partial charge in [0.25, 0.3) is 0 Å². The van der Waals surface area contributed by atoms with Crippen molar-refractivity contribution in [3.05, 3.63) is 63.3 Å². The summed E-state index contributed by atoms with van der Waals surface area (Å²) in [6.07, 6.45) is 0.282. The van der Waals surface area contributed by atoms with Gasteiger partial charge in [0.1, 0.15) is 12.4 Å². The van der Waals surface area contributed by atoms with E-state index >= 15 is 0 Å². The van der Waals surface area contributed by atoms with E-state index < -0.39 is 36.8 Å². The molecule has 0 bridgehead atoms. The van der Waals surface area contributed by atoms with Crippen LogP contribution < -0.4 is 30.3 Å². The zero-order valence-electron chi connectivity index (χ0n) is 21.9. The highest BCUT2D eigenvalue weighted by atomic mass is 79.9. The molecule has 40 heavy (non-hydrogen) atoms. The summed E-state index contributed by atoms with van der Waals surface area (Å²) in [5.74, 6) is -0.625. The van der Waals surface area contributed by atoms with Crippen LogP contribution >= 0.6 is 15.9 Å². The second-order valence-electron chi connectivity index (χ2n) is 8.29. The SMILES string of the molecule is CCOc1cc([C@@H]2NC(=O)NC(C)=C2C(=O)OC)ccc1OC[C@H](O)N/N=C\c1ccc(OCC(=O)O)c(Br)c1. The average molecular weight is 621 g/mol. The molecular formula is C26H29BrN4O9. The first-order chi connectivity index (χ1) is 19.1. The van der Waals surface area contributed by atoms with Crippen molar-refractivity contribution in [2.45, 2.75) is 26.1 Å². The number of nitrogens with zero attached hydrogens (tertiary/aromatic N) is 1. The Balaban J connectivity index is 1.65. The summed E-state index contributed by atoms with van der Waals surface area (Å²) in [5, 5.41) is 28.3. The Bertz CT molecular complexity index is 1320. The number of carboxylic acid groups (broad SMARTS) is 1. The van der Waals surface area contributed by atoms with Crippen LogP contribution in [0, 0.1) is 0 Å². The van der Waals surface area contributed by atoms with Gasteiger partial charge in [0.15, 0.2) is 24.3 Å². The third kappa shape index (κ3) is 8.10. The predicted molar refractivity (Wildman–Crippen MR) is 146 cm³/mol. The number of methoxy groups -OCH3 is 1. The Morgan fingerprint density at radius 2 is 1.90 bits per heavy atom. The van der Waals surface area contributed by atoms with Gasteiger partial charge in [-0.05, 0) is 71.2 Å². The minimum Gasteiger partial charge on any atom is -0.490 e. The number of hydrogen-bond donors (Lipinski definition) is 5. The molecule has 0 unspecified atom stereocenters. The number of halogens is 1. The zero-order valence-corrected chi connectivity index (χ0v) is 23.5. The molecule has 0 aliphatic carbocycles. The van der Waals surface area contributed by atoms with Crippen LogP contribution in [-0.2, 0) is 14.3 Å². The number of aliphatic hydroxyl groups excluding tert-OH is 1. The molecule has 2 aromatic rings. The molecular weight excluding hydrogens is 592 g/mol. The van der Waals surface area contributed by atoms with Gasteiger partial charge in [-0.3, -0.25) is 5.43 Å². The number of aliphatic carboxylic acids is 1. The number of ether oxygens (including phenoxy) is 4. The van der Waals surface area contributed by atoms with E-state index in [1.165, 1.54) is 13.3 Å². The number of carbonyl (C=O) groups is 3. The lowest BCUT2D eigenvalue weighted by Crippen LogP contribution is -2.45. The van der Waals surface area contributed by atoms with E-state index in [0.29, 0.717) is 45.2 Å². The first-order valence-electron chi connectivity index (χ1n) is 12.0. The van der Waals surface area contributed by atoms with Gasteiger partial charge in [-0.25, -0.2) is 14.4 Å². The van der Waals surface area contributed by atoms with Crippen molar-refractivity contribution in [3.63, 3.8) is 0 Å². The Hall–Kier alpha value is -4.30. The van der Waals surface area contributed by atoms with Crippen LogP contribution in [0.15, 0.2) is 57.2 Å². The molecule has 2 aromatic carbocycles. The van der Waals surface area contributed by atoms with Crippen molar-refractivity contribution in [1.82, 2.24) is 16.1 Å². The summed E-state index contributed by atoms with van der Waals surface area (Å²) in [5.41, 5.74) is 4.41. The first kappa shape index (κ1) is 30.2. The Labute approximate surface area is 238 Å². The maximum Gasteiger partial charge on any atom is 0.341 e. The maximum atomic E-state index is 12.4. The third-order valence-corrected chi connectivity index (χ3v) is 6.04. The number of carbonyl (C=O) groups excluding carboxylic acids is 2. The highest BCUT2D eigenvalue weighted by Gasteiger charge is 2.32. The molecule has 0 saturated heterocycles. The lowest BCUT2D eigenvalue weighted by molar-refractivity contribution is -0.139. The fraction of sp³-hybridized carbons (Fsp3) is 0.308. The number of rotatable bonds is 13. The summed E-state index contributed by atoms with van der Waals surface area (Å²) >= 11 is 3.31. The molecule has 13 nitrogen and oxygen atoms in total. The van der Waals surface area contributed by atoms with Crippen LogP contribution in [0.1, 0.15) is 31.0 Å². The second-order valence-corrected chi connectivity index (χ2v) is 9.14. The van der Waals surface area contributed by atoms with Gasteiger partial charge < -0.3 is 39.8 Å². The topological polar surface area (TPSA) is 177 Å². The van der Waals surface area contributed by atoms with Gasteiger partial charge in [0, 0.05) is 5.70 Å². The highest BCUT2D eigenvalue weighted by molar-refractivity contribution is 9.10. The molecule has 0 aromatic heterocycles. The van der Waals surface area contributed by atoms with Crippen LogP contribution in [0.4, 0.5) is 4.79 Å². The number of amides is 2. The van der Waals surface area contributed by atoms with E-state index in [1.807, 2.05) is 0 Å². The largest absolute Gasteiger partial charge is 0.490 e. The number of aliphatic hydroxyl groups is 1. The molecule has 214 valence electrons. The number of urea groups is 1. The molecule has 1 aliphatic heterocycles. The molecule has 5 N–H and O–H groups in total. The smallest absolute Gasteiger partial charge is 0.341 e. The van der Waals surface area contributed by atoms with Gasteiger partial charge >= 0.3 is 18.0 Å². The van der Waals surface area contributed by atoms with Crippen molar-refractivity contribution < 1.29 is 43.5 Å². The molecule has 0 fully saturated rings. The maximum absolute atomic E-state index is 12.4. The molecule has 0 spiro atoms. The van der Waals surface area contributed by atoms with Crippen molar-refractivity contribution in [3.8, 4) is 17.2 Å². The molecule has 0 radical (unpaired) electrons. The van der Waals surface area contributed by atoms with Crippen LogP contribution in [0.5, 0.6) is 17.2 Å². The first-order valence-corrected chi connectivity index (χ1v) is 12.8. The van der Waals surface area contributed by atoms with Gasteiger partial charge in [-0.15, -0.1) is 0 Å². The van der Waals surface area contributed by atoms with Gasteiger partial charge in [-0.2, -0.15) is 5.10 Å². The lowest BCUT2D eigenvalue weighted by Gasteiger charge is -2.28. The van der Waals surface area contributed by atoms with Crippen molar-refractivity contribution in [2.24, 2.45) is 5.10 Å². The normalized spacial score (nSPS) is 15.6. The van der Waals surface area contributed by atoms with Crippen molar-refractivity contribution in [1.29, 1.82) is 0 Å². The number of carboxylic acids is 1. The lowest BCUT2D eigenvalue weighted by atomic mass is 9.95. The van der Waals surface area contributed by atoms with E-state index in [4.69, 9.17) is 24.1 Å². The summed E-state index contributed by atoms with van der Waals surface area (Å²) in [6.45, 7) is 3.08. The van der Waals surface area contributed by atoms with Gasteiger partial charge in [0.2, 0.25) is 0 Å². The Morgan fingerprint density at radius 1 is 1.15 bits per heavy atom. The molecule has 2 atom stereocenters. The molecule has 1 heterocycles. The van der Waals surface area contributed by atoms with E-state index in [9.17, 15) is 19.5 Å². The number of allylic oxidation sites excluding steroid dienone is 1. The third-order valence-electron chi connectivity index (χ3n) is 5.42. The minimum atomic E-state index is -1.17. The number of hydrazone groups is 1. The fourth-order valence-corrected chi connectivity index (χ4v) is 4.18. The van der Waals surface area contributed by atoms with Crippen molar-refractivity contribution >= 4 is 40.1 Å². The molecule has 14 heteroatoms. The summed E-state index contributed by atoms with van der Waals surface area (Å²) in [7, 11) is 1.26. The average Bonchev–Trinajstić information content (AvgIpc) is 2.91. The van der Waals surface area contributed by atoms with Crippen LogP contribution in [0.25, 0.3) is 0 Å². The van der Waals surface area contributed by atoms with Gasteiger partial charge in [-0.1, -0.05) is 6.07 Å². The summed E-state index contributed by atoms with van der Waals surface area (Å²) in [4.78, 5) is 35.1. The minimum absolute atomic E-state index is 0.182. The number of benzene rings is 2. The number of esters is 1. The monoisotopic (exact) mass is 620 g/mol. The van der Waals surface area contributed by atoms with Crippen LogP contribution in [0.2, 0.25) is 0 Å². The quantitative estimate of drug-likeness (QED) is 0.0967.